The summed E-state index contributed by atoms with van der Waals surface area (Å²) in [5.74, 6) is 0.534. The number of carbonyl (C=O) groups excluding carboxylic acids is 1. The normalized spacial score (nSPS) is 17.5. The fraction of sp³-hybridized carbons (Fsp3) is 0.500. The molecule has 0 N–H and O–H groups in total. The lowest BCUT2D eigenvalue weighted by Crippen LogP contribution is -2.37. The lowest BCUT2D eigenvalue weighted by atomic mass is 10.0. The average molecular weight is 329 g/mol. The molecule has 2 aromatic rings. The van der Waals surface area contributed by atoms with Crippen LogP contribution in [0.2, 0.25) is 0 Å². The Bertz CT molecular complexity index is 844. The van der Waals surface area contributed by atoms with Gasteiger partial charge in [-0.1, -0.05) is 5.16 Å². The highest BCUT2D eigenvalue weighted by atomic mass is 16.5. The maximum absolute atomic E-state index is 13.1. The van der Waals surface area contributed by atoms with Gasteiger partial charge in [0.1, 0.15) is 11.3 Å². The summed E-state index contributed by atoms with van der Waals surface area (Å²) in [6.45, 7) is 8.20. The molecule has 0 saturated carbocycles. The summed E-state index contributed by atoms with van der Waals surface area (Å²) in [4.78, 5) is 27.4. The molecule has 1 fully saturated rings. The summed E-state index contributed by atoms with van der Waals surface area (Å²) in [5, 5.41) is 4.01. The monoisotopic (exact) mass is 329 g/mol. The van der Waals surface area contributed by atoms with Gasteiger partial charge in [0.25, 0.3) is 11.5 Å². The molecule has 0 aliphatic carbocycles. The number of amides is 1. The lowest BCUT2D eigenvalue weighted by molar-refractivity contribution is 0.0732. The van der Waals surface area contributed by atoms with Crippen LogP contribution in [-0.4, -0.2) is 27.1 Å². The molecule has 3 heterocycles. The van der Waals surface area contributed by atoms with Crippen molar-refractivity contribution in [2.24, 2.45) is 7.05 Å². The van der Waals surface area contributed by atoms with Crippen molar-refractivity contribution in [3.05, 3.63) is 50.3 Å². The standard InChI is InChI=1S/C18H23N3O3/c1-10-9-14(17(22)20(5)12(10)3)18(23)21-8-6-7-15(21)16-11(2)19-24-13(16)4/h9,15H,6-8H2,1-5H3/t15-/m1/s1. The van der Waals surface area contributed by atoms with E-state index in [9.17, 15) is 9.59 Å². The number of hydrogen-bond donors (Lipinski definition) is 0. The van der Waals surface area contributed by atoms with E-state index in [1.54, 1.807) is 22.6 Å². The van der Waals surface area contributed by atoms with Crippen molar-refractivity contribution in [1.82, 2.24) is 14.6 Å². The molecule has 0 unspecified atom stereocenters. The van der Waals surface area contributed by atoms with E-state index in [4.69, 9.17) is 4.52 Å². The summed E-state index contributed by atoms with van der Waals surface area (Å²) in [6.07, 6.45) is 1.77. The zero-order chi connectivity index (χ0) is 17.6. The molecule has 1 aliphatic heterocycles. The summed E-state index contributed by atoms with van der Waals surface area (Å²) in [7, 11) is 1.71. The van der Waals surface area contributed by atoms with E-state index in [2.05, 4.69) is 5.16 Å². The minimum atomic E-state index is -0.243. The summed E-state index contributed by atoms with van der Waals surface area (Å²) >= 11 is 0. The number of aryl methyl sites for hydroxylation is 3. The molecule has 6 heteroatoms. The van der Waals surface area contributed by atoms with Crippen LogP contribution in [0.1, 0.15) is 57.5 Å². The Kier molecular flexibility index (Phi) is 4.07. The minimum absolute atomic E-state index is 0.0740. The fourth-order valence-electron chi connectivity index (χ4n) is 3.56. The van der Waals surface area contributed by atoms with E-state index >= 15 is 0 Å². The maximum Gasteiger partial charge on any atom is 0.263 e. The topological polar surface area (TPSA) is 68.3 Å². The van der Waals surface area contributed by atoms with Crippen LogP contribution in [0, 0.1) is 27.7 Å². The van der Waals surface area contributed by atoms with Crippen molar-refractivity contribution >= 4 is 5.91 Å². The van der Waals surface area contributed by atoms with Crippen LogP contribution >= 0.6 is 0 Å². The fourth-order valence-corrected chi connectivity index (χ4v) is 3.56. The Morgan fingerprint density at radius 1 is 1.29 bits per heavy atom. The number of hydrogen-bond acceptors (Lipinski definition) is 4. The van der Waals surface area contributed by atoms with Crippen molar-refractivity contribution in [3.8, 4) is 0 Å². The van der Waals surface area contributed by atoms with E-state index < -0.39 is 0 Å². The van der Waals surface area contributed by atoms with Gasteiger partial charge in [0, 0.05) is 24.8 Å². The van der Waals surface area contributed by atoms with Gasteiger partial charge in [0.15, 0.2) is 0 Å². The van der Waals surface area contributed by atoms with E-state index in [1.165, 1.54) is 0 Å². The molecule has 1 atom stereocenters. The van der Waals surface area contributed by atoms with Gasteiger partial charge in [0.2, 0.25) is 0 Å². The smallest absolute Gasteiger partial charge is 0.263 e. The Labute approximate surface area is 141 Å². The van der Waals surface area contributed by atoms with Crippen LogP contribution in [0.5, 0.6) is 0 Å². The van der Waals surface area contributed by atoms with Crippen molar-refractivity contribution in [3.63, 3.8) is 0 Å². The van der Waals surface area contributed by atoms with Crippen molar-refractivity contribution in [1.29, 1.82) is 0 Å². The predicted molar refractivity (Wildman–Crippen MR) is 90.1 cm³/mol. The molecule has 0 aromatic carbocycles. The highest BCUT2D eigenvalue weighted by molar-refractivity contribution is 5.94. The quantitative estimate of drug-likeness (QED) is 0.849. The van der Waals surface area contributed by atoms with Gasteiger partial charge >= 0.3 is 0 Å². The molecule has 1 aliphatic rings. The maximum atomic E-state index is 13.1. The first-order chi connectivity index (χ1) is 11.3. The minimum Gasteiger partial charge on any atom is -0.361 e. The summed E-state index contributed by atoms with van der Waals surface area (Å²) in [5.41, 5.74) is 3.59. The first-order valence-corrected chi connectivity index (χ1v) is 8.24. The third-order valence-corrected chi connectivity index (χ3v) is 5.14. The number of carbonyl (C=O) groups is 1. The molecule has 6 nitrogen and oxygen atoms in total. The average Bonchev–Trinajstić information content (AvgIpc) is 3.14. The summed E-state index contributed by atoms with van der Waals surface area (Å²) in [6, 6.07) is 1.64. The van der Waals surface area contributed by atoms with Crippen molar-refractivity contribution < 1.29 is 9.32 Å². The SMILES string of the molecule is Cc1cc(C(=O)N2CCC[C@@H]2c2c(C)noc2C)c(=O)n(C)c1C. The van der Waals surface area contributed by atoms with Crippen LogP contribution in [0.25, 0.3) is 0 Å². The Morgan fingerprint density at radius 2 is 2.00 bits per heavy atom. The number of likely N-dealkylation sites (tertiary alicyclic amines) is 1. The Balaban J connectivity index is 2.03. The number of aromatic nitrogens is 2. The second-order valence-electron chi connectivity index (χ2n) is 6.59. The molecule has 0 radical (unpaired) electrons. The first-order valence-electron chi connectivity index (χ1n) is 8.24. The predicted octanol–water partition coefficient (Wildman–Crippen LogP) is 2.58. The first kappa shape index (κ1) is 16.5. The molecular formula is C18H23N3O3. The summed E-state index contributed by atoms with van der Waals surface area (Å²) < 4.78 is 6.81. The second-order valence-corrected chi connectivity index (χ2v) is 6.59. The molecular weight excluding hydrogens is 306 g/mol. The third kappa shape index (κ3) is 2.46. The van der Waals surface area contributed by atoms with E-state index in [0.717, 1.165) is 41.1 Å². The highest BCUT2D eigenvalue weighted by Gasteiger charge is 2.35. The van der Waals surface area contributed by atoms with Crippen LogP contribution in [-0.2, 0) is 7.05 Å². The molecule has 0 bridgehead atoms. The number of pyridine rings is 1. The van der Waals surface area contributed by atoms with Gasteiger partial charge in [-0.3, -0.25) is 9.59 Å². The van der Waals surface area contributed by atoms with Gasteiger partial charge in [0.05, 0.1) is 11.7 Å². The van der Waals surface area contributed by atoms with Crippen LogP contribution in [0.15, 0.2) is 15.4 Å². The van der Waals surface area contributed by atoms with Gasteiger partial charge in [-0.25, -0.2) is 0 Å². The lowest BCUT2D eigenvalue weighted by Gasteiger charge is -2.25. The Morgan fingerprint density at radius 3 is 2.62 bits per heavy atom. The van der Waals surface area contributed by atoms with E-state index in [0.29, 0.717) is 6.54 Å². The second kappa shape index (κ2) is 5.92. The van der Waals surface area contributed by atoms with Crippen molar-refractivity contribution in [2.75, 3.05) is 6.54 Å². The zero-order valence-corrected chi connectivity index (χ0v) is 14.8. The molecule has 3 rings (SSSR count). The largest absolute Gasteiger partial charge is 0.361 e. The van der Waals surface area contributed by atoms with Gasteiger partial charge in [-0.05, 0) is 52.2 Å². The van der Waals surface area contributed by atoms with Gasteiger partial charge in [-0.2, -0.15) is 0 Å². The van der Waals surface area contributed by atoms with Crippen molar-refractivity contribution in [2.45, 2.75) is 46.6 Å². The third-order valence-electron chi connectivity index (χ3n) is 5.14. The number of rotatable bonds is 2. The molecule has 1 amide bonds. The van der Waals surface area contributed by atoms with Gasteiger partial charge < -0.3 is 14.0 Å². The molecule has 1 saturated heterocycles. The number of nitrogens with zero attached hydrogens (tertiary/aromatic N) is 3. The molecule has 0 spiro atoms. The van der Waals surface area contributed by atoms with E-state index in [-0.39, 0.29) is 23.1 Å². The molecule has 128 valence electrons. The molecule has 2 aromatic heterocycles. The van der Waals surface area contributed by atoms with Crippen LogP contribution in [0.3, 0.4) is 0 Å². The van der Waals surface area contributed by atoms with E-state index in [1.807, 2.05) is 27.7 Å². The Hall–Kier alpha value is -2.37. The van der Waals surface area contributed by atoms with Crippen LogP contribution < -0.4 is 5.56 Å². The van der Waals surface area contributed by atoms with Gasteiger partial charge in [-0.15, -0.1) is 0 Å². The highest BCUT2D eigenvalue weighted by Crippen LogP contribution is 2.36. The zero-order valence-electron chi connectivity index (χ0n) is 14.8. The molecule has 24 heavy (non-hydrogen) atoms. The van der Waals surface area contributed by atoms with Crippen LogP contribution in [0.4, 0.5) is 0 Å².